The largest absolute Gasteiger partial charge is 0.435 e. The molecular formula is C20H11ClF9NO2. The first-order chi connectivity index (χ1) is 15.0. The van der Waals surface area contributed by atoms with Crippen LogP contribution in [0.5, 0.6) is 0 Å². The molecule has 3 nitrogen and oxygen atoms in total. The number of carbonyl (C=O) groups is 1. The molecule has 178 valence electrons. The highest BCUT2D eigenvalue weighted by molar-refractivity contribution is 6.30. The van der Waals surface area contributed by atoms with Crippen molar-refractivity contribution in [1.82, 2.24) is 0 Å². The van der Waals surface area contributed by atoms with E-state index in [-0.39, 0.29) is 6.07 Å². The fourth-order valence-electron chi connectivity index (χ4n) is 3.31. The van der Waals surface area contributed by atoms with Crippen LogP contribution >= 0.6 is 11.6 Å². The average molecular weight is 504 g/mol. The highest BCUT2D eigenvalue weighted by Gasteiger charge is 2.62. The molecule has 13 heteroatoms. The zero-order valence-corrected chi connectivity index (χ0v) is 17.0. The Morgan fingerprint density at radius 2 is 1.61 bits per heavy atom. The standard InChI is InChI=1S/C20H11ClF9NO2/c1-9(32)14-3-2-10(4-15(14)19(25,26)27)16-8-17(33-31-16,20(28,29)30)11-5-12(18(22,23)24)7-13(21)6-11/h2-7H,8H2,1H3. The molecule has 1 aliphatic rings. The minimum absolute atomic E-state index is 0.192. The van der Waals surface area contributed by atoms with E-state index >= 15 is 0 Å². The predicted molar refractivity (Wildman–Crippen MR) is 97.9 cm³/mol. The summed E-state index contributed by atoms with van der Waals surface area (Å²) in [6, 6.07) is 3.38. The summed E-state index contributed by atoms with van der Waals surface area (Å²) >= 11 is 5.60. The van der Waals surface area contributed by atoms with Crippen molar-refractivity contribution in [3.8, 4) is 0 Å². The third kappa shape index (κ3) is 4.66. The summed E-state index contributed by atoms with van der Waals surface area (Å²) in [4.78, 5) is 16.1. The number of rotatable bonds is 3. The number of carbonyl (C=O) groups excluding carboxylic acids is 1. The van der Waals surface area contributed by atoms with Crippen LogP contribution < -0.4 is 0 Å². The molecule has 0 radical (unpaired) electrons. The number of benzene rings is 2. The maximum absolute atomic E-state index is 14.0. The van der Waals surface area contributed by atoms with E-state index in [1.807, 2.05) is 0 Å². The van der Waals surface area contributed by atoms with Gasteiger partial charge in [-0.1, -0.05) is 28.9 Å². The van der Waals surface area contributed by atoms with E-state index in [1.54, 1.807) is 0 Å². The van der Waals surface area contributed by atoms with E-state index < -0.39 is 74.9 Å². The first kappa shape index (κ1) is 24.9. The van der Waals surface area contributed by atoms with Crippen LogP contribution in [-0.4, -0.2) is 17.7 Å². The second kappa shape index (κ2) is 7.93. The van der Waals surface area contributed by atoms with E-state index in [4.69, 9.17) is 11.6 Å². The first-order valence-corrected chi connectivity index (χ1v) is 9.26. The molecular weight excluding hydrogens is 493 g/mol. The number of oxime groups is 1. The van der Waals surface area contributed by atoms with Gasteiger partial charge in [-0.15, -0.1) is 0 Å². The smallest absolute Gasteiger partial charge is 0.374 e. The summed E-state index contributed by atoms with van der Waals surface area (Å²) in [5.41, 5.74) is -9.09. The zero-order chi connectivity index (χ0) is 25.0. The number of halogens is 10. The molecule has 1 unspecified atom stereocenters. The minimum atomic E-state index is -5.32. The Kier molecular flexibility index (Phi) is 5.97. The van der Waals surface area contributed by atoms with Crippen molar-refractivity contribution in [2.24, 2.45) is 5.16 Å². The van der Waals surface area contributed by atoms with Gasteiger partial charge in [-0.3, -0.25) is 4.79 Å². The summed E-state index contributed by atoms with van der Waals surface area (Å²) in [6.07, 6.45) is -16.6. The van der Waals surface area contributed by atoms with Crippen LogP contribution in [0.1, 0.15) is 46.0 Å². The van der Waals surface area contributed by atoms with Crippen molar-refractivity contribution in [3.05, 3.63) is 69.2 Å². The van der Waals surface area contributed by atoms with Gasteiger partial charge >= 0.3 is 18.5 Å². The van der Waals surface area contributed by atoms with Gasteiger partial charge in [0.2, 0.25) is 0 Å². The van der Waals surface area contributed by atoms with Crippen molar-refractivity contribution in [2.45, 2.75) is 37.5 Å². The Hall–Kier alpha value is -2.76. The van der Waals surface area contributed by atoms with Crippen LogP contribution in [0.25, 0.3) is 0 Å². The molecule has 1 aliphatic heterocycles. The molecule has 0 saturated carbocycles. The van der Waals surface area contributed by atoms with Gasteiger partial charge in [0.15, 0.2) is 5.78 Å². The number of ketones is 1. The maximum atomic E-state index is 14.0. The lowest BCUT2D eigenvalue weighted by molar-refractivity contribution is -0.276. The number of nitrogens with zero attached hydrogens (tertiary/aromatic N) is 1. The van der Waals surface area contributed by atoms with Gasteiger partial charge in [-0.2, -0.15) is 39.5 Å². The molecule has 0 amide bonds. The molecule has 2 aromatic carbocycles. The fourth-order valence-corrected chi connectivity index (χ4v) is 3.55. The van der Waals surface area contributed by atoms with Crippen molar-refractivity contribution in [3.63, 3.8) is 0 Å². The molecule has 0 N–H and O–H groups in total. The van der Waals surface area contributed by atoms with Gasteiger partial charge in [0.25, 0.3) is 5.60 Å². The number of Topliss-reactive ketones (excluding diaryl/α,β-unsaturated/α-hetero) is 1. The van der Waals surface area contributed by atoms with Gasteiger partial charge in [-0.05, 0) is 31.2 Å². The molecule has 2 aromatic rings. The molecule has 0 saturated heterocycles. The average Bonchev–Trinajstić information content (AvgIpc) is 3.12. The quantitative estimate of drug-likeness (QED) is 0.329. The predicted octanol–water partition coefficient (Wildman–Crippen LogP) is 7.16. The van der Waals surface area contributed by atoms with Crippen molar-refractivity contribution >= 4 is 23.1 Å². The lowest BCUT2D eigenvalue weighted by atomic mass is 9.85. The molecule has 0 aromatic heterocycles. The summed E-state index contributed by atoms with van der Waals surface area (Å²) in [6.45, 7) is 0.881. The molecule has 0 bridgehead atoms. The van der Waals surface area contributed by atoms with Crippen LogP contribution in [0.4, 0.5) is 39.5 Å². The van der Waals surface area contributed by atoms with Crippen LogP contribution in [0.3, 0.4) is 0 Å². The Balaban J connectivity index is 2.11. The van der Waals surface area contributed by atoms with Gasteiger partial charge < -0.3 is 4.84 Å². The van der Waals surface area contributed by atoms with Crippen molar-refractivity contribution in [2.75, 3.05) is 0 Å². The van der Waals surface area contributed by atoms with E-state index in [1.165, 1.54) is 0 Å². The van der Waals surface area contributed by atoms with Gasteiger partial charge in [-0.25, -0.2) is 0 Å². The zero-order valence-electron chi connectivity index (χ0n) is 16.2. The molecule has 1 heterocycles. The molecule has 0 fully saturated rings. The monoisotopic (exact) mass is 503 g/mol. The Morgan fingerprint density at radius 3 is 2.12 bits per heavy atom. The van der Waals surface area contributed by atoms with E-state index in [0.717, 1.165) is 19.1 Å². The third-order valence-corrected chi connectivity index (χ3v) is 5.13. The number of hydrogen-bond acceptors (Lipinski definition) is 3. The van der Waals surface area contributed by atoms with Crippen LogP contribution in [-0.2, 0) is 22.8 Å². The molecule has 1 atom stereocenters. The number of hydrogen-bond donors (Lipinski definition) is 0. The SMILES string of the molecule is CC(=O)c1ccc(C2=NOC(c3cc(Cl)cc(C(F)(F)F)c3)(C(F)(F)F)C2)cc1C(F)(F)F. The fraction of sp³-hybridized carbons (Fsp3) is 0.300. The van der Waals surface area contributed by atoms with E-state index in [0.29, 0.717) is 18.2 Å². The minimum Gasteiger partial charge on any atom is -0.374 e. The van der Waals surface area contributed by atoms with Gasteiger partial charge in [0, 0.05) is 28.1 Å². The summed E-state index contributed by atoms with van der Waals surface area (Å²) < 4.78 is 122. The van der Waals surface area contributed by atoms with Crippen molar-refractivity contribution in [1.29, 1.82) is 0 Å². The molecule has 33 heavy (non-hydrogen) atoms. The molecule has 0 spiro atoms. The highest BCUT2D eigenvalue weighted by atomic mass is 35.5. The lowest BCUT2D eigenvalue weighted by Gasteiger charge is -2.30. The summed E-state index contributed by atoms with van der Waals surface area (Å²) in [5.74, 6) is -0.929. The molecule has 3 rings (SSSR count). The topological polar surface area (TPSA) is 38.7 Å². The lowest BCUT2D eigenvalue weighted by Crippen LogP contribution is -2.43. The van der Waals surface area contributed by atoms with Gasteiger partial charge in [0.1, 0.15) is 0 Å². The second-order valence-electron chi connectivity index (χ2n) is 7.17. The van der Waals surface area contributed by atoms with Crippen LogP contribution in [0.15, 0.2) is 41.6 Å². The summed E-state index contributed by atoms with van der Waals surface area (Å²) in [5, 5.41) is 2.58. The normalized spacial score (nSPS) is 19.3. The first-order valence-electron chi connectivity index (χ1n) is 8.88. The maximum Gasteiger partial charge on any atom is 0.435 e. The van der Waals surface area contributed by atoms with E-state index in [9.17, 15) is 44.3 Å². The third-order valence-electron chi connectivity index (χ3n) is 4.91. The highest BCUT2D eigenvalue weighted by Crippen LogP contribution is 2.50. The second-order valence-corrected chi connectivity index (χ2v) is 7.61. The Morgan fingerprint density at radius 1 is 0.970 bits per heavy atom. The van der Waals surface area contributed by atoms with Gasteiger partial charge in [0.05, 0.1) is 16.8 Å². The summed E-state index contributed by atoms with van der Waals surface area (Å²) in [7, 11) is 0. The Bertz CT molecular complexity index is 1140. The Labute approximate surface area is 184 Å². The van der Waals surface area contributed by atoms with E-state index in [2.05, 4.69) is 9.99 Å². The number of alkyl halides is 9. The van der Waals surface area contributed by atoms with Crippen LogP contribution in [0, 0.1) is 0 Å². The van der Waals surface area contributed by atoms with Crippen LogP contribution in [0.2, 0.25) is 5.02 Å². The van der Waals surface area contributed by atoms with Crippen molar-refractivity contribution < 1.29 is 49.1 Å². The molecule has 0 aliphatic carbocycles.